The summed E-state index contributed by atoms with van der Waals surface area (Å²) in [5.41, 5.74) is 5.09. The number of anilines is 1. The molecule has 0 amide bonds. The van der Waals surface area contributed by atoms with Crippen LogP contribution in [0.25, 0.3) is 0 Å². The van der Waals surface area contributed by atoms with E-state index < -0.39 is 5.97 Å². The zero-order chi connectivity index (χ0) is 13.9. The van der Waals surface area contributed by atoms with Crippen LogP contribution < -0.4 is 5.32 Å². The zero-order valence-corrected chi connectivity index (χ0v) is 11.2. The number of fused-ring (bicyclic) bond motifs is 1. The van der Waals surface area contributed by atoms with Crippen molar-refractivity contribution < 1.29 is 9.90 Å². The number of rotatable bonds is 4. The Morgan fingerprint density at radius 2 is 1.90 bits per heavy atom. The second-order valence-corrected chi connectivity index (χ2v) is 5.15. The predicted octanol–water partition coefficient (Wildman–Crippen LogP) is 3.49. The molecule has 102 valence electrons. The zero-order valence-electron chi connectivity index (χ0n) is 11.2. The van der Waals surface area contributed by atoms with Crippen LogP contribution in [0.15, 0.2) is 42.5 Å². The maximum absolute atomic E-state index is 11.2. The monoisotopic (exact) mass is 267 g/mol. The highest BCUT2D eigenvalue weighted by Crippen LogP contribution is 2.25. The number of carboxylic acid groups (broad SMARTS) is 1. The minimum absolute atomic E-state index is 0.362. The van der Waals surface area contributed by atoms with Crippen LogP contribution in [0, 0.1) is 0 Å². The Balaban J connectivity index is 1.75. The lowest BCUT2D eigenvalue weighted by atomic mass is 10.1. The number of aryl methyl sites for hydroxylation is 2. The van der Waals surface area contributed by atoms with Crippen molar-refractivity contribution in [1.29, 1.82) is 0 Å². The van der Waals surface area contributed by atoms with E-state index in [1.165, 1.54) is 24.0 Å². The molecule has 3 heteroatoms. The second kappa shape index (κ2) is 5.37. The van der Waals surface area contributed by atoms with Crippen molar-refractivity contribution in [3.05, 3.63) is 64.7 Å². The molecule has 0 atom stereocenters. The Kier molecular flexibility index (Phi) is 3.42. The van der Waals surface area contributed by atoms with Gasteiger partial charge in [0.15, 0.2) is 0 Å². The summed E-state index contributed by atoms with van der Waals surface area (Å²) < 4.78 is 0. The fourth-order valence-electron chi connectivity index (χ4n) is 2.76. The second-order valence-electron chi connectivity index (χ2n) is 5.15. The average molecular weight is 267 g/mol. The van der Waals surface area contributed by atoms with E-state index in [1.807, 2.05) is 12.1 Å². The van der Waals surface area contributed by atoms with E-state index in [-0.39, 0.29) is 0 Å². The van der Waals surface area contributed by atoms with Gasteiger partial charge < -0.3 is 10.4 Å². The first-order valence-electron chi connectivity index (χ1n) is 6.91. The first kappa shape index (κ1) is 12.7. The first-order valence-corrected chi connectivity index (χ1v) is 6.91. The molecule has 0 aliphatic heterocycles. The SMILES string of the molecule is O=C(O)c1ccccc1CNc1ccc2c(c1)CCC2. The van der Waals surface area contributed by atoms with Gasteiger partial charge >= 0.3 is 5.97 Å². The van der Waals surface area contributed by atoms with E-state index in [0.29, 0.717) is 12.1 Å². The molecule has 2 aromatic rings. The molecule has 0 saturated heterocycles. The molecule has 0 unspecified atom stereocenters. The molecule has 0 saturated carbocycles. The molecule has 2 N–H and O–H groups in total. The van der Waals surface area contributed by atoms with Gasteiger partial charge in [-0.25, -0.2) is 4.79 Å². The number of nitrogens with one attached hydrogen (secondary N) is 1. The van der Waals surface area contributed by atoms with Crippen molar-refractivity contribution in [1.82, 2.24) is 0 Å². The topological polar surface area (TPSA) is 49.3 Å². The third-order valence-corrected chi connectivity index (χ3v) is 3.83. The molecular weight excluding hydrogens is 250 g/mol. The molecule has 0 radical (unpaired) electrons. The third-order valence-electron chi connectivity index (χ3n) is 3.83. The predicted molar refractivity (Wildman–Crippen MR) is 79.2 cm³/mol. The maximum atomic E-state index is 11.2. The van der Waals surface area contributed by atoms with E-state index in [0.717, 1.165) is 17.7 Å². The Hall–Kier alpha value is -2.29. The molecule has 20 heavy (non-hydrogen) atoms. The van der Waals surface area contributed by atoms with Crippen LogP contribution >= 0.6 is 0 Å². The summed E-state index contributed by atoms with van der Waals surface area (Å²) in [5.74, 6) is -0.878. The van der Waals surface area contributed by atoms with Crippen molar-refractivity contribution >= 4 is 11.7 Å². The van der Waals surface area contributed by atoms with E-state index in [9.17, 15) is 4.79 Å². The van der Waals surface area contributed by atoms with E-state index in [2.05, 4.69) is 23.5 Å². The van der Waals surface area contributed by atoms with Gasteiger partial charge in [-0.3, -0.25) is 0 Å². The molecule has 1 aliphatic rings. The summed E-state index contributed by atoms with van der Waals surface area (Å²) in [7, 11) is 0. The van der Waals surface area contributed by atoms with Crippen LogP contribution in [0.3, 0.4) is 0 Å². The standard InChI is InChI=1S/C17H17NO2/c19-17(20)16-7-2-1-4-14(16)11-18-15-9-8-12-5-3-6-13(12)10-15/h1-2,4,7-10,18H,3,5-6,11H2,(H,19,20). The van der Waals surface area contributed by atoms with Crippen LogP contribution in [0.1, 0.15) is 33.5 Å². The molecule has 0 spiro atoms. The Labute approximate surface area is 118 Å². The summed E-state index contributed by atoms with van der Waals surface area (Å²) in [5, 5.41) is 12.5. The highest BCUT2D eigenvalue weighted by atomic mass is 16.4. The van der Waals surface area contributed by atoms with Gasteiger partial charge in [0.2, 0.25) is 0 Å². The van der Waals surface area contributed by atoms with Gasteiger partial charge in [-0.05, 0) is 54.2 Å². The molecule has 0 heterocycles. The lowest BCUT2D eigenvalue weighted by Gasteiger charge is -2.10. The average Bonchev–Trinajstić information content (AvgIpc) is 2.92. The summed E-state index contributed by atoms with van der Waals surface area (Å²) >= 11 is 0. The van der Waals surface area contributed by atoms with Gasteiger partial charge in [0.25, 0.3) is 0 Å². The Morgan fingerprint density at radius 1 is 1.10 bits per heavy atom. The summed E-state index contributed by atoms with van der Waals surface area (Å²) in [6, 6.07) is 13.5. The van der Waals surface area contributed by atoms with E-state index in [4.69, 9.17) is 5.11 Å². The Bertz CT molecular complexity index is 649. The number of carboxylic acids is 1. The molecule has 1 aliphatic carbocycles. The van der Waals surface area contributed by atoms with Gasteiger partial charge in [-0.15, -0.1) is 0 Å². The lowest BCUT2D eigenvalue weighted by molar-refractivity contribution is 0.0696. The number of hydrogen-bond acceptors (Lipinski definition) is 2. The lowest BCUT2D eigenvalue weighted by Crippen LogP contribution is -2.07. The smallest absolute Gasteiger partial charge is 0.336 e. The van der Waals surface area contributed by atoms with Crippen molar-refractivity contribution in [2.24, 2.45) is 0 Å². The van der Waals surface area contributed by atoms with Crippen molar-refractivity contribution in [3.8, 4) is 0 Å². The van der Waals surface area contributed by atoms with Crippen LogP contribution in [0.5, 0.6) is 0 Å². The van der Waals surface area contributed by atoms with Gasteiger partial charge in [0.1, 0.15) is 0 Å². The number of benzene rings is 2. The fourth-order valence-corrected chi connectivity index (χ4v) is 2.76. The quantitative estimate of drug-likeness (QED) is 0.891. The molecule has 0 fully saturated rings. The van der Waals surface area contributed by atoms with Gasteiger partial charge in [0.05, 0.1) is 5.56 Å². The fraction of sp³-hybridized carbons (Fsp3) is 0.235. The molecule has 0 bridgehead atoms. The highest BCUT2D eigenvalue weighted by Gasteiger charge is 2.11. The van der Waals surface area contributed by atoms with Gasteiger partial charge in [-0.1, -0.05) is 24.3 Å². The Morgan fingerprint density at radius 3 is 2.75 bits per heavy atom. The van der Waals surface area contributed by atoms with Crippen molar-refractivity contribution in [2.45, 2.75) is 25.8 Å². The highest BCUT2D eigenvalue weighted by molar-refractivity contribution is 5.89. The number of carbonyl (C=O) groups is 1. The van der Waals surface area contributed by atoms with Crippen LogP contribution in [0.4, 0.5) is 5.69 Å². The summed E-state index contributed by atoms with van der Waals surface area (Å²) in [4.78, 5) is 11.2. The molecule has 0 aromatic heterocycles. The number of aromatic carboxylic acids is 1. The number of hydrogen-bond donors (Lipinski definition) is 2. The first-order chi connectivity index (χ1) is 9.74. The van der Waals surface area contributed by atoms with Crippen molar-refractivity contribution in [3.63, 3.8) is 0 Å². The minimum atomic E-state index is -0.878. The van der Waals surface area contributed by atoms with Crippen molar-refractivity contribution in [2.75, 3.05) is 5.32 Å². The van der Waals surface area contributed by atoms with Crippen LogP contribution in [-0.2, 0) is 19.4 Å². The molecule has 2 aromatic carbocycles. The van der Waals surface area contributed by atoms with E-state index in [1.54, 1.807) is 12.1 Å². The minimum Gasteiger partial charge on any atom is -0.478 e. The summed E-state index contributed by atoms with van der Waals surface area (Å²) in [6.07, 6.45) is 3.56. The largest absolute Gasteiger partial charge is 0.478 e. The van der Waals surface area contributed by atoms with Crippen LogP contribution in [0.2, 0.25) is 0 Å². The summed E-state index contributed by atoms with van der Waals surface area (Å²) in [6.45, 7) is 0.529. The normalized spacial score (nSPS) is 13.0. The van der Waals surface area contributed by atoms with E-state index >= 15 is 0 Å². The third kappa shape index (κ3) is 2.52. The molecule has 3 rings (SSSR count). The molecule has 3 nitrogen and oxygen atoms in total. The molecular formula is C17H17NO2. The van der Waals surface area contributed by atoms with Gasteiger partial charge in [0, 0.05) is 12.2 Å². The van der Waals surface area contributed by atoms with Gasteiger partial charge in [-0.2, -0.15) is 0 Å². The van der Waals surface area contributed by atoms with Crippen LogP contribution in [-0.4, -0.2) is 11.1 Å². The maximum Gasteiger partial charge on any atom is 0.336 e.